The maximum atomic E-state index is 11.4. The van der Waals surface area contributed by atoms with E-state index in [0.717, 1.165) is 36.0 Å². The fourth-order valence-electron chi connectivity index (χ4n) is 5.03. The van der Waals surface area contributed by atoms with Crippen LogP contribution in [0.25, 0.3) is 10.8 Å². The van der Waals surface area contributed by atoms with Gasteiger partial charge in [0.25, 0.3) is 0 Å². The molecular weight excluding hydrogens is 244 g/mol. The lowest BCUT2D eigenvalue weighted by atomic mass is 9.83. The van der Waals surface area contributed by atoms with Crippen LogP contribution in [0.1, 0.15) is 33.8 Å². The Morgan fingerprint density at radius 2 is 1.95 bits per heavy atom. The quantitative estimate of drug-likeness (QED) is 0.557. The summed E-state index contributed by atoms with van der Waals surface area (Å²) in [6.45, 7) is 0. The third kappa shape index (κ3) is 1.17. The molecule has 1 saturated carbocycles. The molecule has 4 atom stereocenters. The Hall–Kier alpha value is -1.89. The minimum Gasteiger partial charge on any atom is -0.298 e. The number of allylic oxidation sites excluding steroid dienone is 2. The van der Waals surface area contributed by atoms with Crippen molar-refractivity contribution in [1.29, 1.82) is 0 Å². The topological polar surface area (TPSA) is 17.1 Å². The summed E-state index contributed by atoms with van der Waals surface area (Å²) in [6, 6.07) is 10.6. The highest BCUT2D eigenvalue weighted by atomic mass is 16.1. The SMILES string of the molecule is O=Cc1cccc2ccc3c(c12)CC1C2C=CC(C2)C31. The molecule has 2 aromatic carbocycles. The molecule has 20 heavy (non-hydrogen) atoms. The lowest BCUT2D eigenvalue weighted by Crippen LogP contribution is -2.12. The molecule has 1 heteroatoms. The van der Waals surface area contributed by atoms with Crippen molar-refractivity contribution in [3.8, 4) is 0 Å². The van der Waals surface area contributed by atoms with Crippen LogP contribution in [-0.4, -0.2) is 6.29 Å². The van der Waals surface area contributed by atoms with E-state index in [0.29, 0.717) is 5.92 Å². The number of fused-ring (bicyclic) bond motifs is 9. The van der Waals surface area contributed by atoms with Crippen molar-refractivity contribution in [2.75, 3.05) is 0 Å². The molecule has 1 fully saturated rings. The van der Waals surface area contributed by atoms with E-state index in [4.69, 9.17) is 0 Å². The first-order valence-electron chi connectivity index (χ1n) is 7.55. The molecule has 0 heterocycles. The summed E-state index contributed by atoms with van der Waals surface area (Å²) >= 11 is 0. The van der Waals surface area contributed by atoms with Gasteiger partial charge in [-0.1, -0.05) is 42.5 Å². The first-order valence-corrected chi connectivity index (χ1v) is 7.55. The van der Waals surface area contributed by atoms with E-state index < -0.39 is 0 Å². The Morgan fingerprint density at radius 3 is 2.85 bits per heavy atom. The van der Waals surface area contributed by atoms with E-state index >= 15 is 0 Å². The molecular formula is C19H16O. The number of aldehydes is 1. The minimum absolute atomic E-state index is 0.712. The van der Waals surface area contributed by atoms with Crippen molar-refractivity contribution < 1.29 is 4.79 Å². The van der Waals surface area contributed by atoms with Crippen LogP contribution >= 0.6 is 0 Å². The van der Waals surface area contributed by atoms with E-state index in [1.165, 1.54) is 28.3 Å². The van der Waals surface area contributed by atoms with Crippen LogP contribution in [0.2, 0.25) is 0 Å². The predicted octanol–water partition coefficient (Wildman–Crippen LogP) is 4.11. The average molecular weight is 260 g/mol. The van der Waals surface area contributed by atoms with Gasteiger partial charge in [0.1, 0.15) is 0 Å². The largest absolute Gasteiger partial charge is 0.298 e. The fourth-order valence-corrected chi connectivity index (χ4v) is 5.03. The molecule has 1 nitrogen and oxygen atoms in total. The highest BCUT2D eigenvalue weighted by molar-refractivity contribution is 6.01. The smallest absolute Gasteiger partial charge is 0.150 e. The first-order chi connectivity index (χ1) is 9.86. The average Bonchev–Trinajstić information content (AvgIpc) is 3.17. The van der Waals surface area contributed by atoms with Crippen LogP contribution < -0.4 is 0 Å². The lowest BCUT2D eigenvalue weighted by Gasteiger charge is -2.20. The zero-order chi connectivity index (χ0) is 13.3. The molecule has 3 aliphatic rings. The van der Waals surface area contributed by atoms with Gasteiger partial charge in [0.05, 0.1) is 0 Å². The van der Waals surface area contributed by atoms with E-state index in [-0.39, 0.29) is 0 Å². The van der Waals surface area contributed by atoms with E-state index in [2.05, 4.69) is 30.4 Å². The van der Waals surface area contributed by atoms with Crippen LogP contribution in [-0.2, 0) is 6.42 Å². The number of hydrogen-bond acceptors (Lipinski definition) is 1. The highest BCUT2D eigenvalue weighted by Crippen LogP contribution is 2.59. The van der Waals surface area contributed by atoms with Crippen LogP contribution in [0.15, 0.2) is 42.5 Å². The van der Waals surface area contributed by atoms with Crippen LogP contribution in [0, 0.1) is 17.8 Å². The summed E-state index contributed by atoms with van der Waals surface area (Å²) in [6.07, 6.45) is 8.39. The van der Waals surface area contributed by atoms with Gasteiger partial charge in [0.15, 0.2) is 6.29 Å². The van der Waals surface area contributed by atoms with Gasteiger partial charge in [-0.2, -0.15) is 0 Å². The first kappa shape index (κ1) is 10.8. The molecule has 3 aliphatic carbocycles. The number of carbonyl (C=O) groups is 1. The molecule has 0 N–H and O–H groups in total. The van der Waals surface area contributed by atoms with Crippen molar-refractivity contribution in [3.05, 3.63) is 59.2 Å². The van der Waals surface area contributed by atoms with E-state index in [9.17, 15) is 4.79 Å². The third-order valence-electron chi connectivity index (χ3n) is 5.77. The molecule has 98 valence electrons. The molecule has 2 aromatic rings. The van der Waals surface area contributed by atoms with E-state index in [1.54, 1.807) is 0 Å². The predicted molar refractivity (Wildman–Crippen MR) is 80.0 cm³/mol. The monoisotopic (exact) mass is 260 g/mol. The van der Waals surface area contributed by atoms with Gasteiger partial charge in [-0.3, -0.25) is 4.79 Å². The molecule has 0 radical (unpaired) electrons. The molecule has 0 saturated heterocycles. The van der Waals surface area contributed by atoms with Crippen molar-refractivity contribution >= 4 is 17.1 Å². The van der Waals surface area contributed by atoms with Crippen molar-refractivity contribution in [2.24, 2.45) is 17.8 Å². The van der Waals surface area contributed by atoms with E-state index in [1.807, 2.05) is 12.1 Å². The molecule has 2 bridgehead atoms. The summed E-state index contributed by atoms with van der Waals surface area (Å²) in [4.78, 5) is 11.4. The summed E-state index contributed by atoms with van der Waals surface area (Å²) in [7, 11) is 0. The number of rotatable bonds is 1. The minimum atomic E-state index is 0.712. The van der Waals surface area contributed by atoms with Crippen molar-refractivity contribution in [2.45, 2.75) is 18.8 Å². The van der Waals surface area contributed by atoms with Crippen molar-refractivity contribution in [3.63, 3.8) is 0 Å². The second kappa shape index (κ2) is 3.60. The lowest BCUT2D eigenvalue weighted by molar-refractivity contribution is 0.112. The molecule has 0 aliphatic heterocycles. The zero-order valence-corrected chi connectivity index (χ0v) is 11.3. The Balaban J connectivity index is 1.80. The number of carbonyl (C=O) groups excluding carboxylic acids is 1. The standard InChI is InChI=1S/C19H16O/c20-10-14-3-1-2-11-6-7-15-17(18(11)14)9-16-12-4-5-13(8-12)19(15)16/h1-7,10,12-13,16,19H,8-9H2. The van der Waals surface area contributed by atoms with Gasteiger partial charge in [-0.15, -0.1) is 0 Å². The maximum absolute atomic E-state index is 11.4. The Morgan fingerprint density at radius 1 is 1.05 bits per heavy atom. The number of benzene rings is 2. The molecule has 4 unspecified atom stereocenters. The summed E-state index contributed by atoms with van der Waals surface area (Å²) in [5, 5.41) is 2.43. The normalized spacial score (nSPS) is 32.6. The molecule has 0 spiro atoms. The number of hydrogen-bond donors (Lipinski definition) is 0. The van der Waals surface area contributed by atoms with Gasteiger partial charge >= 0.3 is 0 Å². The summed E-state index contributed by atoms with van der Waals surface area (Å²) in [5.41, 5.74) is 3.84. The van der Waals surface area contributed by atoms with Gasteiger partial charge in [0, 0.05) is 5.56 Å². The third-order valence-corrected chi connectivity index (χ3v) is 5.77. The molecule has 0 amide bonds. The second-order valence-corrected chi connectivity index (χ2v) is 6.54. The van der Waals surface area contributed by atoms with Gasteiger partial charge in [0.2, 0.25) is 0 Å². The second-order valence-electron chi connectivity index (χ2n) is 6.54. The van der Waals surface area contributed by atoms with Gasteiger partial charge in [-0.05, 0) is 58.4 Å². The fraction of sp³-hybridized carbons (Fsp3) is 0.316. The maximum Gasteiger partial charge on any atom is 0.150 e. The Labute approximate surface area is 118 Å². The van der Waals surface area contributed by atoms with Crippen molar-refractivity contribution in [1.82, 2.24) is 0 Å². The van der Waals surface area contributed by atoms with Crippen LogP contribution in [0.4, 0.5) is 0 Å². The Kier molecular flexibility index (Phi) is 1.95. The van der Waals surface area contributed by atoms with Gasteiger partial charge < -0.3 is 0 Å². The zero-order valence-electron chi connectivity index (χ0n) is 11.3. The molecule has 5 rings (SSSR count). The van der Waals surface area contributed by atoms with Crippen LogP contribution in [0.5, 0.6) is 0 Å². The summed E-state index contributed by atoms with van der Waals surface area (Å²) in [5.74, 6) is 3.01. The summed E-state index contributed by atoms with van der Waals surface area (Å²) < 4.78 is 0. The van der Waals surface area contributed by atoms with Crippen LogP contribution in [0.3, 0.4) is 0 Å². The molecule has 0 aromatic heterocycles. The Bertz CT molecular complexity index is 771. The van der Waals surface area contributed by atoms with Gasteiger partial charge in [-0.25, -0.2) is 0 Å². The highest BCUT2D eigenvalue weighted by Gasteiger charge is 2.49.